The summed E-state index contributed by atoms with van der Waals surface area (Å²) >= 11 is 0. The van der Waals surface area contributed by atoms with E-state index in [1.807, 2.05) is 0 Å². The minimum atomic E-state index is -4.59. The maximum atomic E-state index is 12.6. The number of alkyl halides is 3. The van der Waals surface area contributed by atoms with Gasteiger partial charge in [0, 0.05) is 19.2 Å². The van der Waals surface area contributed by atoms with Gasteiger partial charge in [-0.15, -0.1) is 0 Å². The predicted molar refractivity (Wildman–Crippen MR) is 63.1 cm³/mol. The first-order valence-electron chi connectivity index (χ1n) is 5.43. The summed E-state index contributed by atoms with van der Waals surface area (Å²) in [5.41, 5.74) is -1.11. The molecule has 2 rings (SSSR count). The van der Waals surface area contributed by atoms with Crippen LogP contribution in [0.4, 0.5) is 18.9 Å². The van der Waals surface area contributed by atoms with Gasteiger partial charge in [-0.05, 0) is 6.07 Å². The van der Waals surface area contributed by atoms with Crippen molar-refractivity contribution in [3.63, 3.8) is 0 Å². The van der Waals surface area contributed by atoms with Gasteiger partial charge in [0.15, 0.2) is 0 Å². The van der Waals surface area contributed by atoms with Crippen LogP contribution < -0.4 is 10.0 Å². The van der Waals surface area contributed by atoms with Crippen LogP contribution in [0, 0.1) is 0 Å². The highest BCUT2D eigenvalue weighted by atomic mass is 32.2. The average Bonchev–Trinajstić information content (AvgIpc) is 2.70. The van der Waals surface area contributed by atoms with Gasteiger partial charge in [0.2, 0.25) is 15.9 Å². The number of hydrogen-bond acceptors (Lipinski definition) is 4. The van der Waals surface area contributed by atoms with E-state index in [1.165, 1.54) is 0 Å². The molecule has 0 aromatic carbocycles. The molecule has 0 spiro atoms. The molecule has 0 bridgehead atoms. The molecule has 2 heterocycles. The van der Waals surface area contributed by atoms with Crippen LogP contribution in [0.1, 0.15) is 12.0 Å². The molecule has 1 aromatic rings. The molecular formula is C10H10F3N3O3S. The van der Waals surface area contributed by atoms with Crippen molar-refractivity contribution in [3.8, 4) is 0 Å². The number of sulfonamides is 1. The number of amides is 1. The maximum Gasteiger partial charge on any atom is 0.417 e. The van der Waals surface area contributed by atoms with Crippen molar-refractivity contribution >= 4 is 21.6 Å². The SMILES string of the molecule is NS(=O)(=O)C1CC(=O)N(c2cncc(C(F)(F)F)c2)C1. The quantitative estimate of drug-likeness (QED) is 0.860. The van der Waals surface area contributed by atoms with E-state index < -0.39 is 32.9 Å². The third kappa shape index (κ3) is 2.90. The molecule has 1 fully saturated rings. The molecule has 0 radical (unpaired) electrons. The largest absolute Gasteiger partial charge is 0.417 e. The second-order valence-electron chi connectivity index (χ2n) is 4.35. The van der Waals surface area contributed by atoms with Crippen LogP contribution in [0.3, 0.4) is 0 Å². The maximum absolute atomic E-state index is 12.6. The zero-order chi connectivity index (χ0) is 15.1. The average molecular weight is 309 g/mol. The van der Waals surface area contributed by atoms with Crippen LogP contribution in [0.2, 0.25) is 0 Å². The van der Waals surface area contributed by atoms with Crippen LogP contribution in [0.5, 0.6) is 0 Å². The Morgan fingerprint density at radius 1 is 1.35 bits per heavy atom. The molecule has 2 N–H and O–H groups in total. The molecule has 1 aliphatic rings. The highest BCUT2D eigenvalue weighted by Gasteiger charge is 2.38. The van der Waals surface area contributed by atoms with Gasteiger partial charge in [-0.1, -0.05) is 0 Å². The number of pyridine rings is 1. The summed E-state index contributed by atoms with van der Waals surface area (Å²) in [6, 6.07) is 0.746. The van der Waals surface area contributed by atoms with Crippen molar-refractivity contribution < 1.29 is 26.4 Å². The second-order valence-corrected chi connectivity index (χ2v) is 6.19. The van der Waals surface area contributed by atoms with Gasteiger partial charge in [0.25, 0.3) is 0 Å². The number of aromatic nitrogens is 1. The normalized spacial score (nSPS) is 20.5. The standard InChI is InChI=1S/C10H10F3N3O3S/c11-10(12,13)6-1-7(4-15-3-6)16-5-8(2-9(16)17)20(14,18)19/h1,3-4,8H,2,5H2,(H2,14,18,19). The molecular weight excluding hydrogens is 299 g/mol. The molecule has 1 aromatic heterocycles. The van der Waals surface area contributed by atoms with Crippen LogP contribution >= 0.6 is 0 Å². The predicted octanol–water partition coefficient (Wildman–Crippen LogP) is 0.494. The molecule has 0 aliphatic carbocycles. The summed E-state index contributed by atoms with van der Waals surface area (Å²) in [6.45, 7) is -0.277. The molecule has 1 saturated heterocycles. The van der Waals surface area contributed by atoms with Gasteiger partial charge in [-0.2, -0.15) is 13.2 Å². The van der Waals surface area contributed by atoms with Crippen LogP contribution in [0.25, 0.3) is 0 Å². The zero-order valence-corrected chi connectivity index (χ0v) is 10.8. The van der Waals surface area contributed by atoms with Crippen molar-refractivity contribution in [1.29, 1.82) is 0 Å². The summed E-state index contributed by atoms with van der Waals surface area (Å²) in [5.74, 6) is -0.606. The van der Waals surface area contributed by atoms with E-state index >= 15 is 0 Å². The zero-order valence-electron chi connectivity index (χ0n) is 9.96. The number of rotatable bonds is 2. The minimum absolute atomic E-state index is 0.101. The summed E-state index contributed by atoms with van der Waals surface area (Å²) in [7, 11) is -3.92. The van der Waals surface area contributed by atoms with Crippen molar-refractivity contribution in [2.24, 2.45) is 5.14 Å². The first kappa shape index (κ1) is 14.7. The van der Waals surface area contributed by atoms with E-state index in [0.717, 1.165) is 17.2 Å². The Labute approximate surface area is 112 Å². The van der Waals surface area contributed by atoms with Gasteiger partial charge in [0.1, 0.15) is 5.25 Å². The highest BCUT2D eigenvalue weighted by Crippen LogP contribution is 2.32. The Hall–Kier alpha value is -1.68. The van der Waals surface area contributed by atoms with E-state index in [-0.39, 0.29) is 18.7 Å². The van der Waals surface area contributed by atoms with Crippen molar-refractivity contribution in [2.75, 3.05) is 11.4 Å². The molecule has 6 nitrogen and oxygen atoms in total. The smallest absolute Gasteiger partial charge is 0.309 e. The van der Waals surface area contributed by atoms with Crippen LogP contribution in [-0.4, -0.2) is 31.1 Å². The van der Waals surface area contributed by atoms with Crippen molar-refractivity contribution in [2.45, 2.75) is 17.8 Å². The molecule has 1 amide bonds. The fourth-order valence-electron chi connectivity index (χ4n) is 1.87. The molecule has 0 saturated carbocycles. The van der Waals surface area contributed by atoms with Crippen LogP contribution in [-0.2, 0) is 21.0 Å². The first-order valence-corrected chi connectivity index (χ1v) is 7.04. The number of carbonyl (C=O) groups is 1. The lowest BCUT2D eigenvalue weighted by Crippen LogP contribution is -2.32. The van der Waals surface area contributed by atoms with Gasteiger partial charge in [0.05, 0.1) is 17.4 Å². The number of primary sulfonamides is 1. The third-order valence-corrected chi connectivity index (χ3v) is 4.16. The summed E-state index contributed by atoms with van der Waals surface area (Å²) in [6.07, 6.45) is -3.25. The van der Waals surface area contributed by atoms with E-state index in [9.17, 15) is 26.4 Å². The Kier molecular flexibility index (Phi) is 3.46. The molecule has 1 aliphatic heterocycles. The minimum Gasteiger partial charge on any atom is -0.309 e. The summed E-state index contributed by atoms with van der Waals surface area (Å²) in [4.78, 5) is 16.1. The number of halogens is 3. The van der Waals surface area contributed by atoms with Gasteiger partial charge < -0.3 is 4.90 Å². The fraction of sp³-hybridized carbons (Fsp3) is 0.400. The Morgan fingerprint density at radius 2 is 2.00 bits per heavy atom. The third-order valence-electron chi connectivity index (χ3n) is 2.92. The topological polar surface area (TPSA) is 93.4 Å². The molecule has 10 heteroatoms. The Balaban J connectivity index is 2.32. The lowest BCUT2D eigenvalue weighted by Gasteiger charge is -2.17. The van der Waals surface area contributed by atoms with E-state index in [4.69, 9.17) is 5.14 Å². The molecule has 110 valence electrons. The van der Waals surface area contributed by atoms with Crippen LogP contribution in [0.15, 0.2) is 18.5 Å². The van der Waals surface area contributed by atoms with Gasteiger partial charge in [-0.25, -0.2) is 13.6 Å². The fourth-order valence-corrected chi connectivity index (χ4v) is 2.61. The number of hydrogen-bond donors (Lipinski definition) is 1. The van der Waals surface area contributed by atoms with Crippen molar-refractivity contribution in [3.05, 3.63) is 24.0 Å². The number of anilines is 1. The Bertz CT molecular complexity index is 645. The molecule has 1 unspecified atom stereocenters. The number of nitrogens with zero attached hydrogens (tertiary/aromatic N) is 2. The van der Waals surface area contributed by atoms with E-state index in [2.05, 4.69) is 4.98 Å². The lowest BCUT2D eigenvalue weighted by atomic mass is 10.2. The summed E-state index contributed by atoms with van der Waals surface area (Å²) < 4.78 is 60.0. The van der Waals surface area contributed by atoms with Gasteiger partial charge >= 0.3 is 6.18 Å². The lowest BCUT2D eigenvalue weighted by molar-refractivity contribution is -0.137. The molecule has 1 atom stereocenters. The number of carbonyl (C=O) groups excluding carboxylic acids is 1. The summed E-state index contributed by atoms with van der Waals surface area (Å²) in [5, 5.41) is 3.82. The Morgan fingerprint density at radius 3 is 2.50 bits per heavy atom. The van der Waals surface area contributed by atoms with Crippen molar-refractivity contribution in [1.82, 2.24) is 4.98 Å². The number of nitrogens with two attached hydrogens (primary N) is 1. The monoisotopic (exact) mass is 309 g/mol. The van der Waals surface area contributed by atoms with E-state index in [0.29, 0.717) is 6.20 Å². The molecule has 20 heavy (non-hydrogen) atoms. The second kappa shape index (κ2) is 4.70. The first-order chi connectivity index (χ1) is 9.09. The van der Waals surface area contributed by atoms with Gasteiger partial charge in [-0.3, -0.25) is 9.78 Å². The highest BCUT2D eigenvalue weighted by molar-refractivity contribution is 7.89. The van der Waals surface area contributed by atoms with E-state index in [1.54, 1.807) is 0 Å².